The summed E-state index contributed by atoms with van der Waals surface area (Å²) in [4.78, 5) is 0. The van der Waals surface area contributed by atoms with Crippen LogP contribution >= 0.6 is 34.4 Å². The second-order valence-corrected chi connectivity index (χ2v) is 3.75. The van der Waals surface area contributed by atoms with Crippen LogP contribution in [0.15, 0.2) is 14.1 Å². The number of halogens is 1. The van der Waals surface area contributed by atoms with E-state index in [4.69, 9.17) is 5.84 Å². The molecule has 0 aliphatic rings. The van der Waals surface area contributed by atoms with Gasteiger partial charge in [0.1, 0.15) is 0 Å². The minimum Gasteiger partial charge on any atom is -0.323 e. The summed E-state index contributed by atoms with van der Waals surface area (Å²) in [5.74, 6) is 4.85. The average Bonchev–Trinajstić information content (AvgIpc) is 1.83. The molecule has 0 rings (SSSR count). The maximum absolute atomic E-state index is 4.85. The smallest absolute Gasteiger partial charge is 0.0846 e. The number of hydrogen-bond acceptors (Lipinski definition) is 3. The van der Waals surface area contributed by atoms with Gasteiger partial charge in [-0.25, -0.2) is 0 Å². The van der Waals surface area contributed by atoms with Crippen molar-refractivity contribution in [2.45, 2.75) is 6.92 Å². The van der Waals surface area contributed by atoms with Crippen LogP contribution in [-0.2, 0) is 0 Å². The maximum atomic E-state index is 4.85. The molecule has 2 nitrogen and oxygen atoms in total. The zero-order valence-corrected chi connectivity index (χ0v) is 7.44. The van der Waals surface area contributed by atoms with Gasteiger partial charge in [0.25, 0.3) is 0 Å². The number of nitrogens with zero attached hydrogens (tertiary/aromatic N) is 1. The molecule has 0 radical (unpaired) electrons. The lowest BCUT2D eigenvalue weighted by molar-refractivity contribution is 1.27. The minimum atomic E-state index is 1.18. The van der Waals surface area contributed by atoms with Crippen LogP contribution in [0.1, 0.15) is 6.92 Å². The molecule has 0 aromatic carbocycles. The van der Waals surface area contributed by atoms with Crippen molar-refractivity contribution in [3.05, 3.63) is 8.99 Å². The third-order valence-corrected chi connectivity index (χ3v) is 2.53. The lowest BCUT2D eigenvalue weighted by atomic mass is 10.8. The molecule has 0 aromatic rings. The molecule has 0 aliphatic heterocycles. The van der Waals surface area contributed by atoms with E-state index in [1.54, 1.807) is 5.55 Å². The highest BCUT2D eigenvalue weighted by Gasteiger charge is 1.82. The molecule has 4 heteroatoms. The third kappa shape index (κ3) is 4.45. The minimum absolute atomic E-state index is 1.18. The Morgan fingerprint density at radius 1 is 1.88 bits per heavy atom. The summed E-state index contributed by atoms with van der Waals surface area (Å²) in [6.07, 6.45) is 1.99. The summed E-state index contributed by atoms with van der Waals surface area (Å²) in [6, 6.07) is 0. The summed E-state index contributed by atoms with van der Waals surface area (Å²) < 4.78 is 1.18. The average molecular weight is 242 g/mol. The van der Waals surface area contributed by atoms with Crippen LogP contribution in [0.2, 0.25) is 0 Å². The molecule has 0 atom stereocenters. The van der Waals surface area contributed by atoms with Gasteiger partial charge < -0.3 is 5.84 Å². The number of nitrogens with two attached hydrogens (primary N) is 1. The highest BCUT2D eigenvalue weighted by atomic mass is 127. The Hall–Kier alpha value is 0.290. The van der Waals surface area contributed by atoms with Gasteiger partial charge in [0.05, 0.1) is 5.55 Å². The predicted molar refractivity (Wildman–Crippen MR) is 48.0 cm³/mol. The van der Waals surface area contributed by atoms with E-state index in [9.17, 15) is 0 Å². The number of thioether (sulfide) groups is 1. The molecule has 0 aliphatic carbocycles. The van der Waals surface area contributed by atoms with Crippen LogP contribution in [0.3, 0.4) is 0 Å². The number of rotatable bonds is 2. The molecular formula is C4H7IN2S. The van der Waals surface area contributed by atoms with Crippen LogP contribution < -0.4 is 5.84 Å². The van der Waals surface area contributed by atoms with Crippen molar-refractivity contribution in [3.63, 3.8) is 0 Å². The van der Waals surface area contributed by atoms with Crippen molar-refractivity contribution in [2.24, 2.45) is 10.9 Å². The monoisotopic (exact) mass is 242 g/mol. The molecule has 0 aromatic heterocycles. The Labute approximate surface area is 66.7 Å². The van der Waals surface area contributed by atoms with E-state index in [0.717, 1.165) is 0 Å². The summed E-state index contributed by atoms with van der Waals surface area (Å²) in [6.45, 7) is 1.97. The fraction of sp³-hybridized carbons (Fsp3) is 0.250. The molecule has 0 saturated heterocycles. The third-order valence-electron chi connectivity index (χ3n) is 0.453. The first kappa shape index (κ1) is 8.29. The van der Waals surface area contributed by atoms with Crippen molar-refractivity contribution in [1.82, 2.24) is 0 Å². The van der Waals surface area contributed by atoms with Crippen LogP contribution in [0.25, 0.3) is 0 Å². The van der Waals surface area contributed by atoms with E-state index in [1.807, 2.05) is 13.0 Å². The second kappa shape index (κ2) is 5.43. The lowest BCUT2D eigenvalue weighted by Crippen LogP contribution is -1.76. The molecule has 0 spiro atoms. The summed E-state index contributed by atoms with van der Waals surface area (Å²) in [5, 5.41) is 3.32. The molecule has 8 heavy (non-hydrogen) atoms. The molecular weight excluding hydrogens is 235 g/mol. The van der Waals surface area contributed by atoms with E-state index in [-0.39, 0.29) is 0 Å². The molecule has 0 unspecified atom stereocenters. The quantitative estimate of drug-likeness (QED) is 0.264. The molecule has 0 bridgehead atoms. The highest BCUT2D eigenvalue weighted by molar-refractivity contribution is 14.1. The molecule has 0 heterocycles. The van der Waals surface area contributed by atoms with Gasteiger partial charge in [0, 0.05) is 2.91 Å². The molecule has 0 saturated carbocycles. The Morgan fingerprint density at radius 3 is 2.88 bits per heavy atom. The first-order chi connectivity index (χ1) is 3.81. The first-order valence-electron chi connectivity index (χ1n) is 2.01. The van der Waals surface area contributed by atoms with Gasteiger partial charge in [-0.05, 0) is 29.5 Å². The Kier molecular flexibility index (Phi) is 5.62. The van der Waals surface area contributed by atoms with Gasteiger partial charge in [0.2, 0.25) is 0 Å². The number of hydrogen-bond donors (Lipinski definition) is 1. The Bertz CT molecular complexity index is 111. The largest absolute Gasteiger partial charge is 0.323 e. The van der Waals surface area contributed by atoms with E-state index in [2.05, 4.69) is 27.7 Å². The van der Waals surface area contributed by atoms with Gasteiger partial charge in [-0.3, -0.25) is 0 Å². The van der Waals surface area contributed by atoms with Crippen molar-refractivity contribution in [3.8, 4) is 0 Å². The molecule has 0 fully saturated rings. The van der Waals surface area contributed by atoms with Crippen LogP contribution in [0, 0.1) is 0 Å². The normalized spacial score (nSPS) is 13.0. The van der Waals surface area contributed by atoms with E-state index >= 15 is 0 Å². The predicted octanol–water partition coefficient (Wildman–Crippen LogP) is 1.92. The fourth-order valence-corrected chi connectivity index (χ4v) is 0.788. The summed E-state index contributed by atoms with van der Waals surface area (Å²) in [7, 11) is 0. The number of hydrazone groups is 1. The van der Waals surface area contributed by atoms with E-state index < -0.39 is 0 Å². The second-order valence-electron chi connectivity index (χ2n) is 0.965. The van der Waals surface area contributed by atoms with E-state index in [1.165, 1.54) is 14.7 Å². The fourth-order valence-electron chi connectivity index (χ4n) is 0.149. The van der Waals surface area contributed by atoms with Crippen molar-refractivity contribution in [2.75, 3.05) is 0 Å². The maximum Gasteiger partial charge on any atom is 0.0846 e. The van der Waals surface area contributed by atoms with Gasteiger partial charge in [-0.2, -0.15) is 5.10 Å². The van der Waals surface area contributed by atoms with Crippen molar-refractivity contribution >= 4 is 39.9 Å². The van der Waals surface area contributed by atoms with Crippen molar-refractivity contribution in [1.29, 1.82) is 0 Å². The van der Waals surface area contributed by atoms with Crippen LogP contribution in [0.4, 0.5) is 0 Å². The first-order valence-corrected chi connectivity index (χ1v) is 3.97. The zero-order valence-electron chi connectivity index (χ0n) is 4.47. The standard InChI is InChI=1S/C4H7IN2S/c1-2-4(5)8-3-7-6/h2-3H,6H2,1H3/b4-2-,7-3-. The summed E-state index contributed by atoms with van der Waals surface area (Å²) in [5.41, 5.74) is 1.60. The SMILES string of the molecule is C/C=C(/I)S/C=N\N. The van der Waals surface area contributed by atoms with Gasteiger partial charge in [-0.15, -0.1) is 0 Å². The Balaban J connectivity index is 3.40. The van der Waals surface area contributed by atoms with Gasteiger partial charge in [-0.1, -0.05) is 17.8 Å². The topological polar surface area (TPSA) is 38.4 Å². The summed E-state index contributed by atoms with van der Waals surface area (Å²) >= 11 is 3.71. The molecule has 46 valence electrons. The Morgan fingerprint density at radius 2 is 2.50 bits per heavy atom. The zero-order chi connectivity index (χ0) is 6.41. The van der Waals surface area contributed by atoms with Crippen molar-refractivity contribution < 1.29 is 0 Å². The van der Waals surface area contributed by atoms with Crippen LogP contribution in [-0.4, -0.2) is 5.55 Å². The highest BCUT2D eigenvalue weighted by Crippen LogP contribution is 2.19. The molecule has 2 N–H and O–H groups in total. The van der Waals surface area contributed by atoms with Gasteiger partial charge in [0.15, 0.2) is 0 Å². The van der Waals surface area contributed by atoms with E-state index in [0.29, 0.717) is 0 Å². The lowest BCUT2D eigenvalue weighted by Gasteiger charge is -1.84. The van der Waals surface area contributed by atoms with Crippen LogP contribution in [0.5, 0.6) is 0 Å². The number of allylic oxidation sites excluding steroid dienone is 1. The molecule has 0 amide bonds. The van der Waals surface area contributed by atoms with Gasteiger partial charge >= 0.3 is 0 Å².